The van der Waals surface area contributed by atoms with E-state index in [0.717, 1.165) is 87.4 Å². The minimum Gasteiger partial charge on any atom is -0.311 e. The average molecular weight is 962 g/mol. The lowest BCUT2D eigenvalue weighted by Gasteiger charge is -2.25. The van der Waals surface area contributed by atoms with Crippen LogP contribution in [0.4, 0.5) is 17.1 Å². The van der Waals surface area contributed by atoms with Crippen molar-refractivity contribution < 1.29 is 0 Å². The van der Waals surface area contributed by atoms with Gasteiger partial charge in [-0.3, -0.25) is 4.57 Å². The van der Waals surface area contributed by atoms with Gasteiger partial charge in [-0.15, -0.1) is 11.3 Å². The van der Waals surface area contributed by atoms with E-state index in [4.69, 9.17) is 9.97 Å². The zero-order valence-electron chi connectivity index (χ0n) is 40.0. The quantitative estimate of drug-likeness (QED) is 0.152. The maximum atomic E-state index is 5.65. The predicted octanol–water partition coefficient (Wildman–Crippen LogP) is 18.7. The number of thiophene rings is 1. The Hall–Kier alpha value is -9.62. The molecule has 0 saturated heterocycles. The second-order valence-corrected chi connectivity index (χ2v) is 20.0. The molecular formula is C68H43N5S. The van der Waals surface area contributed by atoms with Crippen molar-refractivity contribution in [3.8, 4) is 44.5 Å². The van der Waals surface area contributed by atoms with Gasteiger partial charge in [0.25, 0.3) is 0 Å². The maximum Gasteiger partial charge on any atom is 0.235 e. The van der Waals surface area contributed by atoms with Gasteiger partial charge in [0.1, 0.15) is 0 Å². The SMILES string of the molecule is c1ccc(-c2cc3nc(-n4c5ccc(-c6cccc7c6c6c8ccccc8ccc6n7-c6ccccc6)cc5c5cc6ccccc6cc54)nc(-c4ccc(N(c5ccccc5)c5ccccc5)cc4)c3s2)cc1. The molecule has 0 unspecified atom stereocenters. The molecule has 0 fully saturated rings. The van der Waals surface area contributed by atoms with Gasteiger partial charge in [-0.1, -0.05) is 170 Å². The Morgan fingerprint density at radius 1 is 0.351 bits per heavy atom. The number of hydrogen-bond acceptors (Lipinski definition) is 4. The second-order valence-electron chi connectivity index (χ2n) is 19.0. The molecule has 5 nitrogen and oxygen atoms in total. The number of anilines is 3. The molecule has 0 aliphatic rings. The molecule has 0 saturated carbocycles. The van der Waals surface area contributed by atoms with Gasteiger partial charge in [0.2, 0.25) is 5.95 Å². The van der Waals surface area contributed by atoms with E-state index in [0.29, 0.717) is 5.95 Å². The summed E-state index contributed by atoms with van der Waals surface area (Å²) in [6, 6.07) is 94.0. The maximum absolute atomic E-state index is 5.65. The molecule has 6 heteroatoms. The van der Waals surface area contributed by atoms with Gasteiger partial charge in [-0.25, -0.2) is 9.97 Å². The van der Waals surface area contributed by atoms with Crippen LogP contribution in [0.1, 0.15) is 0 Å². The Balaban J connectivity index is 0.960. The molecule has 0 aliphatic carbocycles. The molecule has 0 aliphatic heterocycles. The molecule has 0 spiro atoms. The Morgan fingerprint density at radius 2 is 0.946 bits per heavy atom. The van der Waals surface area contributed by atoms with Gasteiger partial charge in [0.15, 0.2) is 0 Å². The third-order valence-corrected chi connectivity index (χ3v) is 15.9. The highest BCUT2D eigenvalue weighted by Crippen LogP contribution is 2.45. The van der Waals surface area contributed by atoms with Crippen molar-refractivity contribution in [1.29, 1.82) is 0 Å². The van der Waals surface area contributed by atoms with Gasteiger partial charge in [0, 0.05) is 54.7 Å². The molecule has 0 atom stereocenters. The Kier molecular flexibility index (Phi) is 9.68. The number of para-hydroxylation sites is 3. The summed E-state index contributed by atoms with van der Waals surface area (Å²) in [5.41, 5.74) is 15.2. The molecule has 15 rings (SSSR count). The number of benzene rings is 11. The highest BCUT2D eigenvalue weighted by atomic mass is 32.1. The predicted molar refractivity (Wildman–Crippen MR) is 312 cm³/mol. The van der Waals surface area contributed by atoms with Gasteiger partial charge in [0.05, 0.1) is 38.0 Å². The first-order valence-corrected chi connectivity index (χ1v) is 25.9. The lowest BCUT2D eigenvalue weighted by Crippen LogP contribution is -2.09. The van der Waals surface area contributed by atoms with Gasteiger partial charge in [-0.2, -0.15) is 0 Å². The second kappa shape index (κ2) is 17.0. The van der Waals surface area contributed by atoms with Crippen LogP contribution in [0.3, 0.4) is 0 Å². The molecule has 0 bridgehead atoms. The zero-order chi connectivity index (χ0) is 48.7. The van der Waals surface area contributed by atoms with Crippen LogP contribution in [0.25, 0.3) is 120 Å². The smallest absolute Gasteiger partial charge is 0.235 e. The summed E-state index contributed by atoms with van der Waals surface area (Å²) in [7, 11) is 0. The Labute approximate surface area is 430 Å². The molecule has 15 aromatic rings. The van der Waals surface area contributed by atoms with E-state index in [1.54, 1.807) is 11.3 Å². The summed E-state index contributed by atoms with van der Waals surface area (Å²) in [5, 5.41) is 9.60. The molecule has 0 N–H and O–H groups in total. The number of fused-ring (bicyclic) bond motifs is 10. The van der Waals surface area contributed by atoms with Crippen LogP contribution < -0.4 is 4.90 Å². The van der Waals surface area contributed by atoms with Crippen molar-refractivity contribution in [3.05, 3.63) is 261 Å². The van der Waals surface area contributed by atoms with Crippen LogP contribution in [0.15, 0.2) is 261 Å². The van der Waals surface area contributed by atoms with Crippen molar-refractivity contribution >= 4 is 104 Å². The molecule has 4 heterocycles. The molecule has 11 aromatic carbocycles. The molecular weight excluding hydrogens is 919 g/mol. The number of hydrogen-bond donors (Lipinski definition) is 0. The minimum absolute atomic E-state index is 0.631. The molecule has 0 amide bonds. The van der Waals surface area contributed by atoms with Crippen molar-refractivity contribution in [2.24, 2.45) is 0 Å². The van der Waals surface area contributed by atoms with E-state index < -0.39 is 0 Å². The first-order valence-electron chi connectivity index (χ1n) is 25.1. The first-order chi connectivity index (χ1) is 36.7. The van der Waals surface area contributed by atoms with Crippen molar-refractivity contribution in [2.75, 3.05) is 4.90 Å². The fourth-order valence-electron chi connectivity index (χ4n) is 11.3. The molecule has 4 aromatic heterocycles. The van der Waals surface area contributed by atoms with Crippen LogP contribution in [0.2, 0.25) is 0 Å². The van der Waals surface area contributed by atoms with Crippen LogP contribution >= 0.6 is 11.3 Å². The molecule has 74 heavy (non-hydrogen) atoms. The molecule has 346 valence electrons. The van der Waals surface area contributed by atoms with E-state index in [-0.39, 0.29) is 0 Å². The monoisotopic (exact) mass is 961 g/mol. The van der Waals surface area contributed by atoms with Gasteiger partial charge >= 0.3 is 0 Å². The number of rotatable bonds is 8. The van der Waals surface area contributed by atoms with E-state index in [1.165, 1.54) is 43.5 Å². The highest BCUT2D eigenvalue weighted by molar-refractivity contribution is 7.22. The summed E-state index contributed by atoms with van der Waals surface area (Å²) < 4.78 is 5.76. The minimum atomic E-state index is 0.631. The van der Waals surface area contributed by atoms with E-state index >= 15 is 0 Å². The summed E-state index contributed by atoms with van der Waals surface area (Å²) in [6.07, 6.45) is 0. The van der Waals surface area contributed by atoms with Crippen LogP contribution in [0.5, 0.6) is 0 Å². The number of nitrogens with zero attached hydrogens (tertiary/aromatic N) is 5. The zero-order valence-corrected chi connectivity index (χ0v) is 40.8. The normalized spacial score (nSPS) is 11.8. The third-order valence-electron chi connectivity index (χ3n) is 14.7. The standard InChI is InChI=1S/C68H43N5S/c1-5-19-45(20-6-1)63-43-58-67(74-63)66(46-32-36-53(37-33-46)71(50-23-7-2-8-24-50)51-25-9-3-10-26-51)70-68(69-58)73-59-38-35-49(41-56(59)57-40-47-21-13-14-22-48(47)42-62(57)73)55-30-17-31-60-65(55)64-54-29-16-15-18-44(54)34-39-61(64)72(60)52-27-11-4-12-28-52/h1-43H. The highest BCUT2D eigenvalue weighted by Gasteiger charge is 2.23. The van der Waals surface area contributed by atoms with Gasteiger partial charge < -0.3 is 9.47 Å². The summed E-state index contributed by atoms with van der Waals surface area (Å²) in [5.74, 6) is 0.631. The van der Waals surface area contributed by atoms with Crippen LogP contribution in [-0.4, -0.2) is 19.1 Å². The van der Waals surface area contributed by atoms with Crippen molar-refractivity contribution in [2.45, 2.75) is 0 Å². The lowest BCUT2D eigenvalue weighted by atomic mass is 9.95. The van der Waals surface area contributed by atoms with E-state index in [2.05, 4.69) is 275 Å². The Morgan fingerprint density at radius 3 is 1.69 bits per heavy atom. The molecule has 0 radical (unpaired) electrons. The van der Waals surface area contributed by atoms with Gasteiger partial charge in [-0.05, 0) is 129 Å². The van der Waals surface area contributed by atoms with Crippen molar-refractivity contribution in [1.82, 2.24) is 19.1 Å². The summed E-state index contributed by atoms with van der Waals surface area (Å²) in [4.78, 5) is 14.6. The first kappa shape index (κ1) is 42.1. The van der Waals surface area contributed by atoms with Crippen molar-refractivity contribution in [3.63, 3.8) is 0 Å². The van der Waals surface area contributed by atoms with Crippen LogP contribution in [0, 0.1) is 0 Å². The largest absolute Gasteiger partial charge is 0.311 e. The Bertz CT molecular complexity index is 4600. The fourth-order valence-corrected chi connectivity index (χ4v) is 12.5. The van der Waals surface area contributed by atoms with Crippen LogP contribution in [-0.2, 0) is 0 Å². The lowest BCUT2D eigenvalue weighted by molar-refractivity contribution is 1.02. The topological polar surface area (TPSA) is 38.9 Å². The summed E-state index contributed by atoms with van der Waals surface area (Å²) >= 11 is 1.75. The van der Waals surface area contributed by atoms with E-state index in [1.807, 2.05) is 0 Å². The third kappa shape index (κ3) is 6.77. The fraction of sp³-hybridized carbons (Fsp3) is 0. The summed E-state index contributed by atoms with van der Waals surface area (Å²) in [6.45, 7) is 0. The average Bonchev–Trinajstić information content (AvgIpc) is 4.17. The number of aromatic nitrogens is 4. The van der Waals surface area contributed by atoms with E-state index in [9.17, 15) is 0 Å².